The van der Waals surface area contributed by atoms with Gasteiger partial charge in [0.1, 0.15) is 0 Å². The Morgan fingerprint density at radius 1 is 1.57 bits per heavy atom. The van der Waals surface area contributed by atoms with Crippen LogP contribution in [0.15, 0.2) is 0 Å². The summed E-state index contributed by atoms with van der Waals surface area (Å²) in [5.74, 6) is 0. The molecule has 0 rings (SSSR count). The molecule has 0 spiro atoms. The van der Waals surface area contributed by atoms with E-state index in [0.717, 1.165) is 6.08 Å². The van der Waals surface area contributed by atoms with Gasteiger partial charge in [0.15, 0.2) is 0 Å². The van der Waals surface area contributed by atoms with Crippen molar-refractivity contribution in [3.8, 4) is 0 Å². The Hall–Kier alpha value is -0.470. The average Bonchev–Trinajstić information content (AvgIpc) is 1.33. The minimum atomic E-state index is -3.13. The monoisotopic (exact) mass is 125 g/mol. The first-order valence-corrected chi connectivity index (χ1v) is 2.41. The number of carbonyl (C=O) groups excluding carboxylic acids is 1. The lowest BCUT2D eigenvalue weighted by atomic mass is 11.7. The van der Waals surface area contributed by atoms with Crippen LogP contribution in [-0.2, 0) is 9.36 Å². The molecule has 7 heavy (non-hydrogen) atoms. The van der Waals surface area contributed by atoms with Gasteiger partial charge < -0.3 is 9.79 Å². The van der Waals surface area contributed by atoms with Crippen molar-refractivity contribution in [2.24, 2.45) is 0 Å². The molecule has 0 amide bonds. The van der Waals surface area contributed by atoms with Crippen molar-refractivity contribution in [1.29, 1.82) is 5.41 Å². The van der Waals surface area contributed by atoms with E-state index in [0.29, 0.717) is 0 Å². The van der Waals surface area contributed by atoms with E-state index >= 15 is 0 Å². The molecule has 0 aromatic carbocycles. The summed E-state index contributed by atoms with van der Waals surface area (Å²) in [4.78, 5) is 22.7. The van der Waals surface area contributed by atoms with Crippen molar-refractivity contribution < 1.29 is 19.1 Å². The SMILES string of the molecule is N=C=O.O=[PH](O)O. The topological polar surface area (TPSA) is 98.5 Å². The Bertz CT molecular complexity index is 79.7. The molecule has 0 atom stereocenters. The maximum atomic E-state index is 8.74. The van der Waals surface area contributed by atoms with Crippen molar-refractivity contribution in [2.45, 2.75) is 0 Å². The fourth-order valence-electron chi connectivity index (χ4n) is 0. The van der Waals surface area contributed by atoms with Gasteiger partial charge in [0.05, 0.1) is 0 Å². The summed E-state index contributed by atoms with van der Waals surface area (Å²) in [6, 6.07) is 0. The van der Waals surface area contributed by atoms with Crippen LogP contribution in [0.25, 0.3) is 0 Å². The van der Waals surface area contributed by atoms with Crippen molar-refractivity contribution >= 4 is 14.3 Å². The summed E-state index contributed by atoms with van der Waals surface area (Å²) >= 11 is 0. The van der Waals surface area contributed by atoms with Crippen LogP contribution in [0.4, 0.5) is 0 Å². The highest BCUT2D eigenvalue weighted by Crippen LogP contribution is 1.98. The first-order chi connectivity index (χ1) is 3.15. The summed E-state index contributed by atoms with van der Waals surface area (Å²) in [5, 5.41) is 5.40. The normalized spacial score (nSPS) is 6.14. The third-order valence-corrected chi connectivity index (χ3v) is 0. The lowest BCUT2D eigenvalue weighted by molar-refractivity contribution is 0.405. The van der Waals surface area contributed by atoms with Gasteiger partial charge in [-0.25, -0.2) is 10.2 Å². The number of hydrogen-bond acceptors (Lipinski definition) is 3. The minimum Gasteiger partial charge on any atom is -0.326 e. The van der Waals surface area contributed by atoms with Crippen LogP contribution >= 0.6 is 8.25 Å². The lowest BCUT2D eigenvalue weighted by Gasteiger charge is -1.61. The molecule has 3 N–H and O–H groups in total. The van der Waals surface area contributed by atoms with Crippen LogP contribution in [0.2, 0.25) is 0 Å². The first kappa shape index (κ1) is 9.73. The van der Waals surface area contributed by atoms with Gasteiger partial charge in [0, 0.05) is 0 Å². The quantitative estimate of drug-likeness (QED) is 0.225. The summed E-state index contributed by atoms with van der Waals surface area (Å²) in [5.41, 5.74) is 0. The zero-order chi connectivity index (χ0) is 6.28. The van der Waals surface area contributed by atoms with Gasteiger partial charge in [-0.3, -0.25) is 4.57 Å². The molecule has 0 saturated heterocycles. The van der Waals surface area contributed by atoms with Crippen LogP contribution in [0.5, 0.6) is 0 Å². The van der Waals surface area contributed by atoms with E-state index in [1.54, 1.807) is 0 Å². The number of rotatable bonds is 0. The van der Waals surface area contributed by atoms with E-state index in [-0.39, 0.29) is 0 Å². The van der Waals surface area contributed by atoms with Gasteiger partial charge in [0.25, 0.3) is 0 Å². The minimum absolute atomic E-state index is 0.750. The van der Waals surface area contributed by atoms with Crippen LogP contribution in [0, 0.1) is 5.41 Å². The van der Waals surface area contributed by atoms with Crippen LogP contribution in [0.3, 0.4) is 0 Å². The van der Waals surface area contributed by atoms with E-state index in [1.807, 2.05) is 0 Å². The summed E-state index contributed by atoms with van der Waals surface area (Å²) < 4.78 is 8.74. The maximum absolute atomic E-state index is 8.74. The standard InChI is InChI=1S/CHNO.H3O3P/c2-1-3;1-4(2)3/h2H;4H,(H2,1,2,3). The molecular weight excluding hydrogens is 121 g/mol. The molecule has 0 fully saturated rings. The lowest BCUT2D eigenvalue weighted by Crippen LogP contribution is -1.38. The van der Waals surface area contributed by atoms with Gasteiger partial charge in [-0.15, -0.1) is 0 Å². The Morgan fingerprint density at radius 3 is 1.57 bits per heavy atom. The smallest absolute Gasteiger partial charge is 0.314 e. The van der Waals surface area contributed by atoms with Crippen LogP contribution in [0.1, 0.15) is 0 Å². The molecule has 0 aliphatic carbocycles. The Balaban J connectivity index is 0. The summed E-state index contributed by atoms with van der Waals surface area (Å²) in [6.07, 6.45) is 0.750. The fraction of sp³-hybridized carbons (Fsp3) is 0. The predicted octanol–water partition coefficient (Wildman–Crippen LogP) is -0.738. The molecule has 0 aliphatic rings. The largest absolute Gasteiger partial charge is 0.326 e. The highest BCUT2D eigenvalue weighted by Gasteiger charge is 1.61. The number of isocyanates is 1. The zero-order valence-corrected chi connectivity index (χ0v) is 4.21. The molecule has 0 aliphatic heterocycles. The maximum Gasteiger partial charge on any atom is 0.314 e. The predicted molar refractivity (Wildman–Crippen MR) is 21.9 cm³/mol. The van der Waals surface area contributed by atoms with Gasteiger partial charge >= 0.3 is 8.25 Å². The highest BCUT2D eigenvalue weighted by molar-refractivity contribution is 7.30. The van der Waals surface area contributed by atoms with Crippen LogP contribution < -0.4 is 0 Å². The molecule has 0 aromatic heterocycles. The zero-order valence-electron chi connectivity index (χ0n) is 3.21. The molecular formula is CH4NO4P. The molecule has 0 bridgehead atoms. The summed E-state index contributed by atoms with van der Waals surface area (Å²) in [7, 11) is -3.13. The molecule has 0 heterocycles. The van der Waals surface area contributed by atoms with E-state index in [1.165, 1.54) is 0 Å². The molecule has 0 unspecified atom stereocenters. The second kappa shape index (κ2) is 9.11. The Labute approximate surface area is 40.1 Å². The van der Waals surface area contributed by atoms with Gasteiger partial charge in [-0.1, -0.05) is 0 Å². The Morgan fingerprint density at radius 2 is 1.57 bits per heavy atom. The number of nitrogens with one attached hydrogen (secondary N) is 1. The average molecular weight is 125 g/mol. The molecule has 0 saturated carbocycles. The molecule has 0 aromatic rings. The third kappa shape index (κ3) is 312. The third-order valence-electron chi connectivity index (χ3n) is 0. The van der Waals surface area contributed by atoms with Crippen molar-refractivity contribution in [2.75, 3.05) is 0 Å². The van der Waals surface area contributed by atoms with E-state index in [9.17, 15) is 0 Å². The van der Waals surface area contributed by atoms with E-state index < -0.39 is 8.25 Å². The first-order valence-electron chi connectivity index (χ1n) is 1.11. The second-order valence-corrected chi connectivity index (χ2v) is 0.950. The van der Waals surface area contributed by atoms with Gasteiger partial charge in [0.2, 0.25) is 6.08 Å². The molecule has 6 heteroatoms. The van der Waals surface area contributed by atoms with Crippen molar-refractivity contribution in [3.05, 3.63) is 0 Å². The van der Waals surface area contributed by atoms with Gasteiger partial charge in [-0.05, 0) is 0 Å². The summed E-state index contributed by atoms with van der Waals surface area (Å²) in [6.45, 7) is 0. The Kier molecular flexibility index (Phi) is 12.7. The van der Waals surface area contributed by atoms with E-state index in [2.05, 4.69) is 0 Å². The fourth-order valence-corrected chi connectivity index (χ4v) is 0. The van der Waals surface area contributed by atoms with Crippen molar-refractivity contribution in [1.82, 2.24) is 0 Å². The highest BCUT2D eigenvalue weighted by atomic mass is 31.1. The second-order valence-electron chi connectivity index (χ2n) is 0.385. The number of hydrogen-bond donors (Lipinski definition) is 3. The molecule has 42 valence electrons. The van der Waals surface area contributed by atoms with Crippen LogP contribution in [-0.4, -0.2) is 15.9 Å². The van der Waals surface area contributed by atoms with Gasteiger partial charge in [-0.2, -0.15) is 0 Å². The molecule has 5 nitrogen and oxygen atoms in total. The molecule has 0 radical (unpaired) electrons. The van der Waals surface area contributed by atoms with Crippen molar-refractivity contribution in [3.63, 3.8) is 0 Å². The van der Waals surface area contributed by atoms with E-state index in [4.69, 9.17) is 24.6 Å².